The minimum absolute atomic E-state index is 0.439. The van der Waals surface area contributed by atoms with Crippen LogP contribution in [0, 0.1) is 5.92 Å². The summed E-state index contributed by atoms with van der Waals surface area (Å²) in [7, 11) is 0.0480. The Balaban J connectivity index is 2.07. The lowest BCUT2D eigenvalue weighted by atomic mass is 9.78. The maximum atomic E-state index is 9.41. The molecule has 1 aromatic rings. The van der Waals surface area contributed by atoms with Gasteiger partial charge in [0.15, 0.2) is 0 Å². The van der Waals surface area contributed by atoms with E-state index in [0.717, 1.165) is 31.1 Å². The molecule has 1 unspecified atom stereocenters. The Morgan fingerprint density at radius 1 is 1.40 bits per heavy atom. The van der Waals surface area contributed by atoms with Crippen molar-refractivity contribution in [1.82, 2.24) is 4.90 Å². The first kappa shape index (κ1) is 15.4. The fraction of sp³-hybridized carbons (Fsp3) is 0.600. The van der Waals surface area contributed by atoms with E-state index in [2.05, 4.69) is 11.8 Å². The van der Waals surface area contributed by atoms with Crippen LogP contribution < -0.4 is 10.2 Å². The van der Waals surface area contributed by atoms with Gasteiger partial charge in [-0.05, 0) is 36.9 Å². The Kier molecular flexibility index (Phi) is 5.46. The van der Waals surface area contributed by atoms with Gasteiger partial charge in [-0.2, -0.15) is 0 Å². The molecule has 2 N–H and O–H groups in total. The fourth-order valence-corrected chi connectivity index (χ4v) is 2.97. The summed E-state index contributed by atoms with van der Waals surface area (Å²) in [5.74, 6) is 1.32. The number of hydrogen-bond donors (Lipinski definition) is 2. The van der Waals surface area contributed by atoms with Crippen molar-refractivity contribution in [3.05, 3.63) is 23.8 Å². The Bertz CT molecular complexity index is 439. The summed E-state index contributed by atoms with van der Waals surface area (Å²) >= 11 is 0. The number of benzene rings is 1. The summed E-state index contributed by atoms with van der Waals surface area (Å²) in [6.45, 7) is 5.38. The SMILES string of the molecule is CCC1CCCN(Cc2ccc(OC)c(B(O)O)c2)C1. The molecule has 1 fully saturated rings. The molecule has 0 radical (unpaired) electrons. The van der Waals surface area contributed by atoms with Crippen molar-refractivity contribution in [2.75, 3.05) is 20.2 Å². The first-order valence-electron chi connectivity index (χ1n) is 7.39. The van der Waals surface area contributed by atoms with Crippen LogP contribution in [-0.4, -0.2) is 42.3 Å². The zero-order chi connectivity index (χ0) is 14.5. The van der Waals surface area contributed by atoms with E-state index in [4.69, 9.17) is 4.74 Å². The lowest BCUT2D eigenvalue weighted by Crippen LogP contribution is -2.36. The van der Waals surface area contributed by atoms with Crippen LogP contribution in [0.4, 0.5) is 0 Å². The van der Waals surface area contributed by atoms with Crippen LogP contribution in [0.5, 0.6) is 5.75 Å². The van der Waals surface area contributed by atoms with E-state index in [9.17, 15) is 10.0 Å². The highest BCUT2D eigenvalue weighted by atomic mass is 16.5. The van der Waals surface area contributed by atoms with E-state index in [1.54, 1.807) is 0 Å². The molecular weight excluding hydrogens is 253 g/mol. The molecule has 1 heterocycles. The van der Waals surface area contributed by atoms with Crippen LogP contribution in [-0.2, 0) is 6.54 Å². The van der Waals surface area contributed by atoms with Gasteiger partial charge >= 0.3 is 7.12 Å². The molecule has 0 aromatic heterocycles. The van der Waals surface area contributed by atoms with E-state index in [1.807, 2.05) is 18.2 Å². The van der Waals surface area contributed by atoms with Gasteiger partial charge in [0.2, 0.25) is 0 Å². The minimum Gasteiger partial charge on any atom is -0.497 e. The van der Waals surface area contributed by atoms with Gasteiger partial charge in [0, 0.05) is 18.6 Å². The molecule has 2 rings (SSSR count). The van der Waals surface area contributed by atoms with E-state index < -0.39 is 7.12 Å². The second-order valence-electron chi connectivity index (χ2n) is 5.60. The van der Waals surface area contributed by atoms with Crippen LogP contribution in [0.25, 0.3) is 0 Å². The quantitative estimate of drug-likeness (QED) is 0.788. The van der Waals surface area contributed by atoms with E-state index >= 15 is 0 Å². The van der Waals surface area contributed by atoms with Crippen molar-refractivity contribution >= 4 is 12.6 Å². The highest BCUT2D eigenvalue weighted by Gasteiger charge is 2.21. The number of hydrogen-bond acceptors (Lipinski definition) is 4. The van der Waals surface area contributed by atoms with Gasteiger partial charge in [0.1, 0.15) is 5.75 Å². The molecule has 1 atom stereocenters. The second kappa shape index (κ2) is 7.11. The average molecular weight is 277 g/mol. The van der Waals surface area contributed by atoms with Crippen molar-refractivity contribution in [3.8, 4) is 5.75 Å². The third kappa shape index (κ3) is 3.75. The van der Waals surface area contributed by atoms with Gasteiger partial charge in [-0.25, -0.2) is 0 Å². The molecule has 0 spiro atoms. The van der Waals surface area contributed by atoms with E-state index in [1.165, 1.54) is 26.4 Å². The van der Waals surface area contributed by atoms with Crippen LogP contribution in [0.15, 0.2) is 18.2 Å². The maximum absolute atomic E-state index is 9.41. The number of nitrogens with zero attached hydrogens (tertiary/aromatic N) is 1. The van der Waals surface area contributed by atoms with Gasteiger partial charge < -0.3 is 14.8 Å². The predicted molar refractivity (Wildman–Crippen MR) is 81.1 cm³/mol. The van der Waals surface area contributed by atoms with Gasteiger partial charge in [-0.1, -0.05) is 25.5 Å². The molecule has 0 amide bonds. The number of rotatable bonds is 5. The highest BCUT2D eigenvalue weighted by molar-refractivity contribution is 6.59. The fourth-order valence-electron chi connectivity index (χ4n) is 2.97. The van der Waals surface area contributed by atoms with E-state index in [0.29, 0.717) is 11.2 Å². The van der Waals surface area contributed by atoms with Crippen LogP contribution in [0.1, 0.15) is 31.7 Å². The molecular formula is C15H24BNO3. The number of piperidine rings is 1. The van der Waals surface area contributed by atoms with Gasteiger partial charge in [0.25, 0.3) is 0 Å². The lowest BCUT2D eigenvalue weighted by Gasteiger charge is -2.32. The molecule has 110 valence electrons. The topological polar surface area (TPSA) is 52.9 Å². The summed E-state index contributed by atoms with van der Waals surface area (Å²) in [4.78, 5) is 2.45. The van der Waals surface area contributed by atoms with Crippen molar-refractivity contribution in [3.63, 3.8) is 0 Å². The van der Waals surface area contributed by atoms with Crippen molar-refractivity contribution in [1.29, 1.82) is 0 Å². The monoisotopic (exact) mass is 277 g/mol. The summed E-state index contributed by atoms with van der Waals surface area (Å²) in [5.41, 5.74) is 1.54. The standard InChI is InChI=1S/C15H24BNO3/c1-3-12-5-4-8-17(10-12)11-13-6-7-15(20-2)14(9-13)16(18)19/h6-7,9,12,18-19H,3-5,8,10-11H2,1-2H3. The molecule has 1 saturated heterocycles. The number of methoxy groups -OCH3 is 1. The lowest BCUT2D eigenvalue weighted by molar-refractivity contribution is 0.164. The first-order chi connectivity index (χ1) is 9.63. The van der Waals surface area contributed by atoms with E-state index in [-0.39, 0.29) is 0 Å². The molecule has 0 aliphatic carbocycles. The Morgan fingerprint density at radius 3 is 2.85 bits per heavy atom. The molecule has 1 aliphatic heterocycles. The third-order valence-corrected chi connectivity index (χ3v) is 4.16. The highest BCUT2D eigenvalue weighted by Crippen LogP contribution is 2.21. The van der Waals surface area contributed by atoms with Crippen LogP contribution >= 0.6 is 0 Å². The second-order valence-corrected chi connectivity index (χ2v) is 5.60. The van der Waals surface area contributed by atoms with Crippen LogP contribution in [0.3, 0.4) is 0 Å². The predicted octanol–water partition coefficient (Wildman–Crippen LogP) is 0.997. The molecule has 0 bridgehead atoms. The minimum atomic E-state index is -1.49. The normalized spacial score (nSPS) is 19.9. The smallest absolute Gasteiger partial charge is 0.492 e. The summed E-state index contributed by atoms with van der Waals surface area (Å²) in [6, 6.07) is 5.64. The molecule has 5 heteroatoms. The number of likely N-dealkylation sites (tertiary alicyclic amines) is 1. The molecule has 4 nitrogen and oxygen atoms in total. The third-order valence-electron chi connectivity index (χ3n) is 4.16. The zero-order valence-electron chi connectivity index (χ0n) is 12.4. The summed E-state index contributed by atoms with van der Waals surface area (Å²) in [5, 5.41) is 18.8. The van der Waals surface area contributed by atoms with Gasteiger partial charge in [-0.3, -0.25) is 4.90 Å². The van der Waals surface area contributed by atoms with Crippen molar-refractivity contribution in [2.45, 2.75) is 32.7 Å². The zero-order valence-corrected chi connectivity index (χ0v) is 12.4. The number of ether oxygens (including phenoxy) is 1. The largest absolute Gasteiger partial charge is 0.497 e. The van der Waals surface area contributed by atoms with Crippen molar-refractivity contribution in [2.24, 2.45) is 5.92 Å². The maximum Gasteiger partial charge on any atom is 0.492 e. The molecule has 0 saturated carbocycles. The Hall–Kier alpha value is -1.04. The first-order valence-corrected chi connectivity index (χ1v) is 7.39. The molecule has 1 aromatic carbocycles. The molecule has 20 heavy (non-hydrogen) atoms. The van der Waals surface area contributed by atoms with Crippen LogP contribution in [0.2, 0.25) is 0 Å². The van der Waals surface area contributed by atoms with Crippen molar-refractivity contribution < 1.29 is 14.8 Å². The Labute approximate surface area is 121 Å². The van der Waals surface area contributed by atoms with Gasteiger partial charge in [0.05, 0.1) is 7.11 Å². The summed E-state index contributed by atoms with van der Waals surface area (Å²) < 4.78 is 5.15. The Morgan fingerprint density at radius 2 is 2.20 bits per heavy atom. The summed E-state index contributed by atoms with van der Waals surface area (Å²) in [6.07, 6.45) is 3.82. The molecule has 1 aliphatic rings. The van der Waals surface area contributed by atoms with Gasteiger partial charge in [-0.15, -0.1) is 0 Å². The average Bonchev–Trinajstić information content (AvgIpc) is 2.47.